The zero-order valence-corrected chi connectivity index (χ0v) is 10.2. The normalized spacial score (nSPS) is 10.6. The van der Waals surface area contributed by atoms with E-state index in [0.717, 1.165) is 5.56 Å². The van der Waals surface area contributed by atoms with Crippen molar-refractivity contribution in [3.63, 3.8) is 0 Å². The molecule has 0 aromatic heterocycles. The molecule has 1 amide bonds. The molecule has 2 N–H and O–H groups in total. The number of hydrogen-bond donors (Lipinski definition) is 2. The number of nitrogens with zero attached hydrogens (tertiary/aromatic N) is 1. The Morgan fingerprint density at radius 2 is 2.00 bits per heavy atom. The van der Waals surface area contributed by atoms with Gasteiger partial charge in [-0.25, -0.2) is 0 Å². The van der Waals surface area contributed by atoms with Crippen molar-refractivity contribution < 1.29 is 4.79 Å². The highest BCUT2D eigenvalue weighted by Crippen LogP contribution is 2.18. The van der Waals surface area contributed by atoms with Gasteiger partial charge >= 0.3 is 0 Å². The van der Waals surface area contributed by atoms with Crippen molar-refractivity contribution in [1.82, 2.24) is 10.6 Å². The van der Waals surface area contributed by atoms with Gasteiger partial charge in [0.05, 0.1) is 12.6 Å². The lowest BCUT2D eigenvalue weighted by atomic mass is 9.94. The predicted octanol–water partition coefficient (Wildman–Crippen LogP) is 1.15. The van der Waals surface area contributed by atoms with Gasteiger partial charge in [-0.05, 0) is 19.4 Å². The summed E-state index contributed by atoms with van der Waals surface area (Å²) in [7, 11) is 0. The Morgan fingerprint density at radius 1 is 1.35 bits per heavy atom. The first kappa shape index (κ1) is 13.2. The van der Waals surface area contributed by atoms with Crippen molar-refractivity contribution >= 4 is 5.91 Å². The molecular weight excluding hydrogens is 214 g/mol. The largest absolute Gasteiger partial charge is 0.342 e. The number of nitrogens with one attached hydrogen (secondary N) is 2. The van der Waals surface area contributed by atoms with Crippen molar-refractivity contribution in [2.24, 2.45) is 0 Å². The van der Waals surface area contributed by atoms with Crippen LogP contribution in [0.2, 0.25) is 0 Å². The highest BCUT2D eigenvalue weighted by atomic mass is 16.1. The van der Waals surface area contributed by atoms with E-state index >= 15 is 0 Å². The fraction of sp³-hybridized carbons (Fsp3) is 0.385. The van der Waals surface area contributed by atoms with Crippen LogP contribution in [0.3, 0.4) is 0 Å². The molecule has 90 valence electrons. The molecule has 0 aliphatic heterocycles. The fourth-order valence-electron chi connectivity index (χ4n) is 1.46. The van der Waals surface area contributed by atoms with E-state index in [1.807, 2.05) is 50.2 Å². The van der Waals surface area contributed by atoms with Crippen LogP contribution in [0.4, 0.5) is 0 Å². The number of amides is 1. The number of carbonyl (C=O) groups excluding carboxylic acids is 1. The molecule has 0 spiro atoms. The summed E-state index contributed by atoms with van der Waals surface area (Å²) in [6.45, 7) is 4.27. The number of nitriles is 1. The molecule has 1 aromatic carbocycles. The third-order valence-electron chi connectivity index (χ3n) is 2.55. The van der Waals surface area contributed by atoms with E-state index in [-0.39, 0.29) is 24.5 Å². The van der Waals surface area contributed by atoms with Gasteiger partial charge in [-0.15, -0.1) is 0 Å². The van der Waals surface area contributed by atoms with Gasteiger partial charge in [0.25, 0.3) is 0 Å². The first-order valence-corrected chi connectivity index (χ1v) is 5.50. The van der Waals surface area contributed by atoms with Crippen LogP contribution in [0.25, 0.3) is 0 Å². The van der Waals surface area contributed by atoms with Crippen LogP contribution < -0.4 is 10.6 Å². The average Bonchev–Trinajstić information content (AvgIpc) is 2.35. The first-order chi connectivity index (χ1) is 8.06. The monoisotopic (exact) mass is 231 g/mol. The second-order valence-electron chi connectivity index (χ2n) is 4.28. The first-order valence-electron chi connectivity index (χ1n) is 5.50. The van der Waals surface area contributed by atoms with E-state index < -0.39 is 0 Å². The Hall–Kier alpha value is -1.86. The lowest BCUT2D eigenvalue weighted by Crippen LogP contribution is -2.43. The van der Waals surface area contributed by atoms with Gasteiger partial charge in [0.2, 0.25) is 5.91 Å². The Balaban J connectivity index is 2.51. The molecule has 17 heavy (non-hydrogen) atoms. The van der Waals surface area contributed by atoms with Crippen molar-refractivity contribution in [3.8, 4) is 6.07 Å². The summed E-state index contributed by atoms with van der Waals surface area (Å²) >= 11 is 0. The van der Waals surface area contributed by atoms with Gasteiger partial charge in [0.15, 0.2) is 0 Å². The lowest BCUT2D eigenvalue weighted by molar-refractivity contribution is -0.120. The third-order valence-corrected chi connectivity index (χ3v) is 2.55. The van der Waals surface area contributed by atoms with E-state index in [4.69, 9.17) is 5.26 Å². The molecule has 0 bridgehead atoms. The van der Waals surface area contributed by atoms with Crippen LogP contribution in [0.15, 0.2) is 30.3 Å². The van der Waals surface area contributed by atoms with Gasteiger partial charge in [-0.1, -0.05) is 30.3 Å². The highest BCUT2D eigenvalue weighted by Gasteiger charge is 2.20. The Kier molecular flexibility index (Phi) is 4.68. The molecule has 4 nitrogen and oxygen atoms in total. The molecule has 1 rings (SSSR count). The molecule has 0 aliphatic rings. The standard InChI is InChI=1S/C13H17N3O/c1-13(2,11-6-4-3-5-7-11)16-10-12(17)15-9-8-14/h3-7,16H,9-10H2,1-2H3,(H,15,17). The summed E-state index contributed by atoms with van der Waals surface area (Å²) in [5, 5.41) is 14.0. The molecule has 0 unspecified atom stereocenters. The lowest BCUT2D eigenvalue weighted by Gasteiger charge is -2.26. The molecular formula is C13H17N3O. The summed E-state index contributed by atoms with van der Waals surface area (Å²) in [6, 6.07) is 11.8. The van der Waals surface area contributed by atoms with Gasteiger partial charge in [-0.2, -0.15) is 5.26 Å². The van der Waals surface area contributed by atoms with Crippen LogP contribution in [0, 0.1) is 11.3 Å². The predicted molar refractivity (Wildman–Crippen MR) is 66.1 cm³/mol. The minimum Gasteiger partial charge on any atom is -0.342 e. The SMILES string of the molecule is CC(C)(NCC(=O)NCC#N)c1ccccc1. The van der Waals surface area contributed by atoms with Crippen LogP contribution in [-0.2, 0) is 10.3 Å². The maximum absolute atomic E-state index is 11.4. The Morgan fingerprint density at radius 3 is 2.59 bits per heavy atom. The molecule has 0 fully saturated rings. The van der Waals surface area contributed by atoms with E-state index in [9.17, 15) is 4.79 Å². The summed E-state index contributed by atoms with van der Waals surface area (Å²) < 4.78 is 0. The molecule has 4 heteroatoms. The molecule has 0 saturated carbocycles. The van der Waals surface area contributed by atoms with Crippen molar-refractivity contribution in [3.05, 3.63) is 35.9 Å². The zero-order chi connectivity index (χ0) is 12.7. The maximum Gasteiger partial charge on any atom is 0.234 e. The summed E-state index contributed by atoms with van der Waals surface area (Å²) in [5.41, 5.74) is 0.846. The molecule has 0 aliphatic carbocycles. The fourth-order valence-corrected chi connectivity index (χ4v) is 1.46. The second kappa shape index (κ2) is 6.02. The quantitative estimate of drug-likeness (QED) is 0.747. The average molecular weight is 231 g/mol. The van der Waals surface area contributed by atoms with Gasteiger partial charge < -0.3 is 5.32 Å². The molecule has 1 aromatic rings. The maximum atomic E-state index is 11.4. The Labute approximate surface area is 102 Å². The van der Waals surface area contributed by atoms with Crippen LogP contribution in [-0.4, -0.2) is 19.0 Å². The van der Waals surface area contributed by atoms with Crippen molar-refractivity contribution in [1.29, 1.82) is 5.26 Å². The smallest absolute Gasteiger partial charge is 0.234 e. The van der Waals surface area contributed by atoms with Crippen LogP contribution >= 0.6 is 0 Å². The molecule has 0 atom stereocenters. The molecule has 0 saturated heterocycles. The van der Waals surface area contributed by atoms with Crippen LogP contribution in [0.1, 0.15) is 19.4 Å². The van der Waals surface area contributed by atoms with Crippen LogP contribution in [0.5, 0.6) is 0 Å². The number of carbonyl (C=O) groups is 1. The molecule has 0 radical (unpaired) electrons. The summed E-state index contributed by atoms with van der Waals surface area (Å²) in [4.78, 5) is 11.4. The number of rotatable bonds is 5. The highest BCUT2D eigenvalue weighted by molar-refractivity contribution is 5.78. The van der Waals surface area contributed by atoms with Gasteiger partial charge in [0.1, 0.15) is 6.54 Å². The van der Waals surface area contributed by atoms with Gasteiger partial charge in [-0.3, -0.25) is 10.1 Å². The van der Waals surface area contributed by atoms with Crippen molar-refractivity contribution in [2.45, 2.75) is 19.4 Å². The van der Waals surface area contributed by atoms with Crippen molar-refractivity contribution in [2.75, 3.05) is 13.1 Å². The van der Waals surface area contributed by atoms with Gasteiger partial charge in [0, 0.05) is 5.54 Å². The number of benzene rings is 1. The van der Waals surface area contributed by atoms with E-state index in [1.165, 1.54) is 0 Å². The zero-order valence-electron chi connectivity index (χ0n) is 10.2. The van der Waals surface area contributed by atoms with E-state index in [2.05, 4.69) is 10.6 Å². The van der Waals surface area contributed by atoms with E-state index in [1.54, 1.807) is 0 Å². The summed E-state index contributed by atoms with van der Waals surface area (Å²) in [5.74, 6) is -0.171. The number of hydrogen-bond acceptors (Lipinski definition) is 3. The Bertz CT molecular complexity index is 406. The topological polar surface area (TPSA) is 64.9 Å². The minimum atomic E-state index is -0.273. The molecule has 0 heterocycles. The van der Waals surface area contributed by atoms with E-state index in [0.29, 0.717) is 0 Å². The summed E-state index contributed by atoms with van der Waals surface area (Å²) in [6.07, 6.45) is 0. The minimum absolute atomic E-state index is 0.0479. The second-order valence-corrected chi connectivity index (χ2v) is 4.28. The third kappa shape index (κ3) is 4.25.